The highest BCUT2D eigenvalue weighted by molar-refractivity contribution is 5.84. The normalized spacial score (nSPS) is 11.1. The second-order valence-electron chi connectivity index (χ2n) is 3.87. The van der Waals surface area contributed by atoms with E-state index in [1.165, 1.54) is 0 Å². The number of nitrogens with zero attached hydrogens (tertiary/aromatic N) is 2. The van der Waals surface area contributed by atoms with Crippen molar-refractivity contribution < 1.29 is 4.74 Å². The van der Waals surface area contributed by atoms with Crippen LogP contribution in [0.5, 0.6) is 5.75 Å². The van der Waals surface area contributed by atoms with E-state index >= 15 is 0 Å². The Bertz CT molecular complexity index is 504. The van der Waals surface area contributed by atoms with E-state index in [1.807, 2.05) is 22.8 Å². The molecule has 0 saturated carbocycles. The molecular weight excluding hydrogens is 204 g/mol. The van der Waals surface area contributed by atoms with Gasteiger partial charge in [0, 0.05) is 6.04 Å². The molecule has 0 spiro atoms. The molecule has 16 heavy (non-hydrogen) atoms. The first-order valence-electron chi connectivity index (χ1n) is 5.20. The second kappa shape index (κ2) is 4.02. The van der Waals surface area contributed by atoms with E-state index in [-0.39, 0.29) is 6.04 Å². The van der Waals surface area contributed by atoms with Gasteiger partial charge in [0.1, 0.15) is 11.3 Å². The minimum absolute atomic E-state index is 0.281. The van der Waals surface area contributed by atoms with Crippen LogP contribution in [0, 0.1) is 0 Å². The van der Waals surface area contributed by atoms with Crippen molar-refractivity contribution in [2.24, 2.45) is 5.84 Å². The third-order valence-corrected chi connectivity index (χ3v) is 2.55. The first kappa shape index (κ1) is 10.8. The number of hydrazine groups is 1. The van der Waals surface area contributed by atoms with Crippen LogP contribution in [0.4, 0.5) is 5.95 Å². The van der Waals surface area contributed by atoms with Crippen LogP contribution >= 0.6 is 0 Å². The number of ether oxygens (including phenoxy) is 1. The molecular formula is C11H16N4O. The van der Waals surface area contributed by atoms with Gasteiger partial charge in [0.25, 0.3) is 0 Å². The summed E-state index contributed by atoms with van der Waals surface area (Å²) in [5.41, 5.74) is 4.46. The van der Waals surface area contributed by atoms with E-state index in [0.717, 1.165) is 16.8 Å². The van der Waals surface area contributed by atoms with Gasteiger partial charge in [-0.05, 0) is 26.0 Å². The molecule has 2 aromatic rings. The summed E-state index contributed by atoms with van der Waals surface area (Å²) < 4.78 is 7.32. The Morgan fingerprint density at radius 1 is 1.44 bits per heavy atom. The van der Waals surface area contributed by atoms with Crippen LogP contribution in [0.25, 0.3) is 11.0 Å². The average molecular weight is 220 g/mol. The minimum Gasteiger partial charge on any atom is -0.494 e. The molecule has 1 heterocycles. The lowest BCUT2D eigenvalue weighted by atomic mass is 10.2. The monoisotopic (exact) mass is 220 g/mol. The lowest BCUT2D eigenvalue weighted by molar-refractivity contribution is 0.419. The van der Waals surface area contributed by atoms with Gasteiger partial charge >= 0.3 is 0 Å². The Hall–Kier alpha value is -1.75. The van der Waals surface area contributed by atoms with Crippen LogP contribution in [-0.4, -0.2) is 16.7 Å². The number of benzene rings is 1. The standard InChI is InChI=1S/C11H16N4O/c1-7(2)15-8-5-4-6-9(16-3)10(8)13-11(15)14-12/h4-7H,12H2,1-3H3,(H,13,14). The van der Waals surface area contributed by atoms with E-state index in [9.17, 15) is 0 Å². The first-order chi connectivity index (χ1) is 7.69. The number of nitrogens with two attached hydrogens (primary N) is 1. The molecule has 0 fully saturated rings. The molecule has 0 atom stereocenters. The number of imidazole rings is 1. The number of aromatic nitrogens is 2. The smallest absolute Gasteiger partial charge is 0.218 e. The van der Waals surface area contributed by atoms with Gasteiger partial charge in [-0.2, -0.15) is 0 Å². The number of anilines is 1. The van der Waals surface area contributed by atoms with Crippen LogP contribution in [0.2, 0.25) is 0 Å². The molecule has 0 saturated heterocycles. The van der Waals surface area contributed by atoms with Crippen molar-refractivity contribution in [1.29, 1.82) is 0 Å². The molecule has 0 aliphatic heterocycles. The molecule has 5 nitrogen and oxygen atoms in total. The van der Waals surface area contributed by atoms with Crippen molar-refractivity contribution in [3.05, 3.63) is 18.2 Å². The second-order valence-corrected chi connectivity index (χ2v) is 3.87. The molecule has 0 unspecified atom stereocenters. The van der Waals surface area contributed by atoms with Gasteiger partial charge in [-0.3, -0.25) is 5.43 Å². The summed E-state index contributed by atoms with van der Waals surface area (Å²) >= 11 is 0. The summed E-state index contributed by atoms with van der Waals surface area (Å²) in [5, 5.41) is 0. The number of fused-ring (bicyclic) bond motifs is 1. The van der Waals surface area contributed by atoms with Crippen LogP contribution in [0.1, 0.15) is 19.9 Å². The van der Waals surface area contributed by atoms with E-state index in [0.29, 0.717) is 5.95 Å². The zero-order valence-electron chi connectivity index (χ0n) is 9.69. The molecule has 0 bridgehead atoms. The third kappa shape index (κ3) is 1.49. The Balaban J connectivity index is 2.77. The van der Waals surface area contributed by atoms with E-state index in [2.05, 4.69) is 24.3 Å². The van der Waals surface area contributed by atoms with Gasteiger partial charge in [-0.15, -0.1) is 0 Å². The number of nitrogen functional groups attached to an aromatic ring is 1. The maximum atomic E-state index is 5.47. The Morgan fingerprint density at radius 3 is 2.75 bits per heavy atom. The topological polar surface area (TPSA) is 65.1 Å². The lowest BCUT2D eigenvalue weighted by Gasteiger charge is -2.11. The van der Waals surface area contributed by atoms with Gasteiger partial charge in [0.2, 0.25) is 5.95 Å². The molecule has 3 N–H and O–H groups in total. The zero-order valence-corrected chi connectivity index (χ0v) is 9.69. The summed E-state index contributed by atoms with van der Waals surface area (Å²) in [4.78, 5) is 4.43. The number of hydrogen-bond donors (Lipinski definition) is 2. The van der Waals surface area contributed by atoms with Crippen molar-refractivity contribution in [1.82, 2.24) is 9.55 Å². The SMILES string of the molecule is COc1cccc2c1nc(NN)n2C(C)C. The van der Waals surface area contributed by atoms with Gasteiger partial charge in [-0.25, -0.2) is 10.8 Å². The number of hydrogen-bond acceptors (Lipinski definition) is 4. The van der Waals surface area contributed by atoms with Crippen molar-refractivity contribution in [3.63, 3.8) is 0 Å². The fourth-order valence-electron chi connectivity index (χ4n) is 1.88. The number of rotatable bonds is 3. The molecule has 1 aromatic carbocycles. The van der Waals surface area contributed by atoms with Crippen molar-refractivity contribution >= 4 is 17.0 Å². The number of methoxy groups -OCH3 is 1. The van der Waals surface area contributed by atoms with Crippen molar-refractivity contribution in [2.45, 2.75) is 19.9 Å². The lowest BCUT2D eigenvalue weighted by Crippen LogP contribution is -2.14. The molecule has 0 aliphatic rings. The maximum Gasteiger partial charge on any atom is 0.218 e. The molecule has 0 amide bonds. The Morgan fingerprint density at radius 2 is 2.19 bits per heavy atom. The molecule has 1 aromatic heterocycles. The largest absolute Gasteiger partial charge is 0.494 e. The predicted molar refractivity (Wildman–Crippen MR) is 64.5 cm³/mol. The van der Waals surface area contributed by atoms with Crippen LogP contribution < -0.4 is 16.0 Å². The van der Waals surface area contributed by atoms with E-state index in [1.54, 1.807) is 7.11 Å². The number of nitrogens with one attached hydrogen (secondary N) is 1. The van der Waals surface area contributed by atoms with Gasteiger partial charge < -0.3 is 9.30 Å². The Kier molecular flexibility index (Phi) is 2.70. The summed E-state index contributed by atoms with van der Waals surface area (Å²) in [6, 6.07) is 6.12. The van der Waals surface area contributed by atoms with Crippen molar-refractivity contribution in [2.75, 3.05) is 12.5 Å². The van der Waals surface area contributed by atoms with Crippen molar-refractivity contribution in [3.8, 4) is 5.75 Å². The highest BCUT2D eigenvalue weighted by Gasteiger charge is 2.14. The highest BCUT2D eigenvalue weighted by Crippen LogP contribution is 2.29. The quantitative estimate of drug-likeness (QED) is 0.612. The average Bonchev–Trinajstić information content (AvgIpc) is 2.66. The van der Waals surface area contributed by atoms with Gasteiger partial charge in [0.15, 0.2) is 0 Å². The molecule has 86 valence electrons. The van der Waals surface area contributed by atoms with Crippen LogP contribution in [0.15, 0.2) is 18.2 Å². The summed E-state index contributed by atoms with van der Waals surface area (Å²) in [5.74, 6) is 6.88. The van der Waals surface area contributed by atoms with Gasteiger partial charge in [0.05, 0.1) is 12.6 Å². The highest BCUT2D eigenvalue weighted by atomic mass is 16.5. The van der Waals surface area contributed by atoms with Crippen LogP contribution in [0.3, 0.4) is 0 Å². The Labute approximate surface area is 94.2 Å². The fraction of sp³-hybridized carbons (Fsp3) is 0.364. The van der Waals surface area contributed by atoms with E-state index in [4.69, 9.17) is 10.6 Å². The zero-order chi connectivity index (χ0) is 11.7. The first-order valence-corrected chi connectivity index (χ1v) is 5.20. The maximum absolute atomic E-state index is 5.47. The third-order valence-electron chi connectivity index (χ3n) is 2.55. The fourth-order valence-corrected chi connectivity index (χ4v) is 1.88. The van der Waals surface area contributed by atoms with E-state index < -0.39 is 0 Å². The summed E-state index contributed by atoms with van der Waals surface area (Å²) in [6.07, 6.45) is 0. The molecule has 5 heteroatoms. The molecule has 0 aliphatic carbocycles. The summed E-state index contributed by atoms with van der Waals surface area (Å²) in [7, 11) is 1.64. The summed E-state index contributed by atoms with van der Waals surface area (Å²) in [6.45, 7) is 4.17. The number of para-hydroxylation sites is 1. The predicted octanol–water partition coefficient (Wildman–Crippen LogP) is 1.91. The van der Waals surface area contributed by atoms with Crippen LogP contribution in [-0.2, 0) is 0 Å². The van der Waals surface area contributed by atoms with Gasteiger partial charge in [-0.1, -0.05) is 6.07 Å². The molecule has 0 radical (unpaired) electrons. The minimum atomic E-state index is 0.281. The molecule has 2 rings (SSSR count).